The summed E-state index contributed by atoms with van der Waals surface area (Å²) in [5.74, 6) is 0.306. The number of nitrogens with one attached hydrogen (secondary N) is 1. The zero-order chi connectivity index (χ0) is 26.7. The number of amides is 1. The fourth-order valence-electron chi connectivity index (χ4n) is 4.25. The molecular weight excluding hydrogens is 494 g/mol. The van der Waals surface area contributed by atoms with Crippen molar-refractivity contribution < 1.29 is 19.2 Å². The Kier molecular flexibility index (Phi) is 7.40. The lowest BCUT2D eigenvalue weighted by molar-refractivity contribution is -0.384. The molecule has 4 rings (SSSR count). The van der Waals surface area contributed by atoms with Crippen LogP contribution in [0.4, 0.5) is 16.3 Å². The van der Waals surface area contributed by atoms with Crippen LogP contribution in [0.3, 0.4) is 0 Å². The lowest BCUT2D eigenvalue weighted by Gasteiger charge is -2.17. The zero-order valence-electron chi connectivity index (χ0n) is 20.4. The number of rotatable bonds is 7. The minimum atomic E-state index is -0.708. The minimum Gasteiger partial charge on any atom is -0.410 e. The molecule has 0 saturated heterocycles. The van der Waals surface area contributed by atoms with Gasteiger partial charge in [-0.1, -0.05) is 48.9 Å². The summed E-state index contributed by atoms with van der Waals surface area (Å²) >= 11 is 6.29. The third kappa shape index (κ3) is 5.10. The van der Waals surface area contributed by atoms with Gasteiger partial charge in [-0.2, -0.15) is 0 Å². The van der Waals surface area contributed by atoms with Gasteiger partial charge in [0.2, 0.25) is 0 Å². The Morgan fingerprint density at radius 3 is 2.32 bits per heavy atom. The fraction of sp³-hybridized carbons (Fsp3) is 0.143. The quantitative estimate of drug-likeness (QED) is 0.160. The van der Waals surface area contributed by atoms with Crippen molar-refractivity contribution in [2.75, 3.05) is 5.32 Å². The second kappa shape index (κ2) is 10.7. The molecule has 0 aliphatic rings. The number of nitro benzene ring substituents is 1. The number of ketones is 1. The predicted molar refractivity (Wildman–Crippen MR) is 142 cm³/mol. The molecular formula is C28H24ClN3O5. The average molecular weight is 518 g/mol. The molecule has 37 heavy (non-hydrogen) atoms. The van der Waals surface area contributed by atoms with E-state index >= 15 is 0 Å². The van der Waals surface area contributed by atoms with Crippen molar-refractivity contribution in [3.05, 3.63) is 116 Å². The Morgan fingerprint density at radius 2 is 1.68 bits per heavy atom. The van der Waals surface area contributed by atoms with Crippen LogP contribution in [0.25, 0.3) is 5.69 Å². The molecule has 0 atom stereocenters. The molecule has 1 N–H and O–H groups in total. The first kappa shape index (κ1) is 25.7. The molecule has 0 unspecified atom stereocenters. The largest absolute Gasteiger partial charge is 0.418 e. The number of ether oxygens (including phenoxy) is 1. The molecule has 0 saturated carbocycles. The van der Waals surface area contributed by atoms with Gasteiger partial charge < -0.3 is 4.74 Å². The third-order valence-corrected chi connectivity index (χ3v) is 6.49. The maximum absolute atomic E-state index is 13.7. The van der Waals surface area contributed by atoms with Crippen LogP contribution >= 0.6 is 11.6 Å². The summed E-state index contributed by atoms with van der Waals surface area (Å²) in [6.07, 6.45) is -0.123. The number of aromatic nitrogens is 1. The van der Waals surface area contributed by atoms with E-state index in [9.17, 15) is 19.7 Å². The molecule has 0 aliphatic heterocycles. The molecule has 1 aromatic heterocycles. The molecule has 1 amide bonds. The van der Waals surface area contributed by atoms with Crippen molar-refractivity contribution in [1.82, 2.24) is 4.57 Å². The highest BCUT2D eigenvalue weighted by molar-refractivity contribution is 6.35. The summed E-state index contributed by atoms with van der Waals surface area (Å²) in [7, 11) is 0. The summed E-state index contributed by atoms with van der Waals surface area (Å²) in [6.45, 7) is 5.72. The number of anilines is 1. The maximum Gasteiger partial charge on any atom is 0.418 e. The van der Waals surface area contributed by atoms with Gasteiger partial charge in [-0.25, -0.2) is 4.79 Å². The second-order valence-electron chi connectivity index (χ2n) is 8.32. The molecule has 3 aromatic carbocycles. The lowest BCUT2D eigenvalue weighted by Crippen LogP contribution is -2.20. The van der Waals surface area contributed by atoms with E-state index in [1.54, 1.807) is 53.1 Å². The van der Waals surface area contributed by atoms with E-state index in [2.05, 4.69) is 5.32 Å². The molecule has 1 heterocycles. The lowest BCUT2D eigenvalue weighted by atomic mass is 10.0. The van der Waals surface area contributed by atoms with Crippen molar-refractivity contribution >= 4 is 35.0 Å². The van der Waals surface area contributed by atoms with E-state index < -0.39 is 16.8 Å². The van der Waals surface area contributed by atoms with Crippen LogP contribution < -0.4 is 10.1 Å². The molecule has 8 nitrogen and oxygen atoms in total. The maximum atomic E-state index is 13.7. The van der Waals surface area contributed by atoms with Crippen molar-refractivity contribution in [3.8, 4) is 11.4 Å². The third-order valence-electron chi connectivity index (χ3n) is 6.16. The topological polar surface area (TPSA) is 103 Å². The number of carbonyl (C=O) groups is 2. The Balaban J connectivity index is 1.88. The van der Waals surface area contributed by atoms with Crippen LogP contribution in [0.5, 0.6) is 5.75 Å². The summed E-state index contributed by atoms with van der Waals surface area (Å²) in [5, 5.41) is 14.6. The number of carbonyl (C=O) groups excluding carboxylic acids is 2. The summed E-state index contributed by atoms with van der Waals surface area (Å²) in [4.78, 5) is 37.5. The molecule has 188 valence electrons. The summed E-state index contributed by atoms with van der Waals surface area (Å²) < 4.78 is 7.15. The van der Waals surface area contributed by atoms with Crippen molar-refractivity contribution in [1.29, 1.82) is 0 Å². The smallest absolute Gasteiger partial charge is 0.410 e. The zero-order valence-corrected chi connectivity index (χ0v) is 21.2. The molecule has 0 bridgehead atoms. The molecule has 0 fully saturated rings. The Bertz CT molecular complexity index is 1510. The normalized spacial score (nSPS) is 10.7. The van der Waals surface area contributed by atoms with Crippen LogP contribution in [-0.4, -0.2) is 21.4 Å². The van der Waals surface area contributed by atoms with E-state index in [1.807, 2.05) is 26.8 Å². The van der Waals surface area contributed by atoms with E-state index in [4.69, 9.17) is 16.3 Å². The van der Waals surface area contributed by atoms with E-state index in [-0.39, 0.29) is 21.8 Å². The SMILES string of the molecule is CCc1c(C)c(C)n(-c2ccc([N+](=O)[O-])cc2C(=O)c2ccccc2Cl)c1NC(=O)Oc1ccccc1. The Hall–Kier alpha value is -4.43. The highest BCUT2D eigenvalue weighted by atomic mass is 35.5. The van der Waals surface area contributed by atoms with E-state index in [0.29, 0.717) is 23.7 Å². The Morgan fingerprint density at radius 1 is 1.00 bits per heavy atom. The number of hydrogen-bond acceptors (Lipinski definition) is 5. The first-order chi connectivity index (χ1) is 17.7. The second-order valence-corrected chi connectivity index (χ2v) is 8.73. The van der Waals surface area contributed by atoms with Crippen molar-refractivity contribution in [2.45, 2.75) is 27.2 Å². The van der Waals surface area contributed by atoms with Crippen LogP contribution in [0.1, 0.15) is 39.7 Å². The summed E-state index contributed by atoms with van der Waals surface area (Å²) in [6, 6.07) is 19.2. The number of nitro groups is 1. The van der Waals surface area contributed by atoms with Gasteiger partial charge in [0.05, 0.1) is 21.2 Å². The van der Waals surface area contributed by atoms with Gasteiger partial charge in [0.1, 0.15) is 11.6 Å². The number of nitrogens with zero attached hydrogens (tertiary/aromatic N) is 2. The van der Waals surface area contributed by atoms with Gasteiger partial charge in [-0.15, -0.1) is 0 Å². The van der Waals surface area contributed by atoms with Crippen molar-refractivity contribution in [2.24, 2.45) is 0 Å². The van der Waals surface area contributed by atoms with Gasteiger partial charge in [-0.3, -0.25) is 24.8 Å². The van der Waals surface area contributed by atoms with Crippen LogP contribution in [-0.2, 0) is 6.42 Å². The molecule has 0 spiro atoms. The number of benzene rings is 3. The molecule has 9 heteroatoms. The van der Waals surface area contributed by atoms with Gasteiger partial charge in [0.15, 0.2) is 5.78 Å². The van der Waals surface area contributed by atoms with Crippen LogP contribution in [0.15, 0.2) is 72.8 Å². The van der Waals surface area contributed by atoms with Gasteiger partial charge >= 0.3 is 6.09 Å². The fourth-order valence-corrected chi connectivity index (χ4v) is 4.48. The molecule has 4 aromatic rings. The monoisotopic (exact) mass is 517 g/mol. The van der Waals surface area contributed by atoms with E-state index in [1.165, 1.54) is 18.2 Å². The number of halogens is 1. The first-order valence-electron chi connectivity index (χ1n) is 11.6. The number of non-ortho nitro benzene ring substituents is 1. The number of para-hydroxylation sites is 1. The van der Waals surface area contributed by atoms with E-state index in [0.717, 1.165) is 16.8 Å². The van der Waals surface area contributed by atoms with Gasteiger partial charge in [-0.05, 0) is 61.7 Å². The highest BCUT2D eigenvalue weighted by Gasteiger charge is 2.26. The molecule has 0 radical (unpaired) electrons. The van der Waals surface area contributed by atoms with Crippen molar-refractivity contribution in [3.63, 3.8) is 0 Å². The highest BCUT2D eigenvalue weighted by Crippen LogP contribution is 2.35. The standard InChI is InChI=1S/C28H24ClN3O5/c1-4-21-17(2)18(3)31(27(21)30-28(34)37-20-10-6-5-7-11-20)25-15-14-19(32(35)36)16-23(25)26(33)22-12-8-9-13-24(22)29/h5-16H,4H2,1-3H3,(H,30,34). The Labute approximate surface area is 218 Å². The average Bonchev–Trinajstić information content (AvgIpc) is 3.12. The number of hydrogen-bond donors (Lipinski definition) is 1. The molecule has 0 aliphatic carbocycles. The summed E-state index contributed by atoms with van der Waals surface area (Å²) in [5.41, 5.74) is 2.92. The predicted octanol–water partition coefficient (Wildman–Crippen LogP) is 7.06. The van der Waals surface area contributed by atoms with Crippen LogP contribution in [0.2, 0.25) is 5.02 Å². The first-order valence-corrected chi connectivity index (χ1v) is 11.9. The minimum absolute atomic E-state index is 0.0718. The van der Waals surface area contributed by atoms with Gasteiger partial charge in [0, 0.05) is 23.4 Å². The van der Waals surface area contributed by atoms with Crippen LogP contribution in [0, 0.1) is 24.0 Å². The van der Waals surface area contributed by atoms with Gasteiger partial charge in [0.25, 0.3) is 5.69 Å².